The molecule has 4 heterocycles. The van der Waals surface area contributed by atoms with E-state index in [1.807, 2.05) is 71.0 Å². The topological polar surface area (TPSA) is 124 Å². The van der Waals surface area contributed by atoms with Crippen LogP contribution in [0.3, 0.4) is 0 Å². The quantitative estimate of drug-likeness (QED) is 0.186. The van der Waals surface area contributed by atoms with Crippen LogP contribution in [0.4, 0.5) is 11.4 Å². The lowest BCUT2D eigenvalue weighted by molar-refractivity contribution is -0.111. The lowest BCUT2D eigenvalue weighted by atomic mass is 9.99. The summed E-state index contributed by atoms with van der Waals surface area (Å²) in [5, 5.41) is 5.75. The molecule has 2 amide bonds. The predicted octanol–water partition coefficient (Wildman–Crippen LogP) is 6.65. The number of amides is 2. The summed E-state index contributed by atoms with van der Waals surface area (Å²) in [5.74, 6) is -0.246. The van der Waals surface area contributed by atoms with E-state index in [0.29, 0.717) is 11.1 Å². The van der Waals surface area contributed by atoms with Gasteiger partial charge in [0.1, 0.15) is 0 Å². The SMILES string of the molecule is Cc1[nH]c(/C=C2\C(=O)Nc3ccc(S(C)=O)c(C)c32)c(C)c1C.Cc1[nH]c(/C=C2\C(=O)Nc3ccc(S(C)=O)cc32)c(C)c1C. The van der Waals surface area contributed by atoms with Crippen LogP contribution in [0.2, 0.25) is 0 Å². The molecule has 8 nitrogen and oxygen atoms in total. The first-order chi connectivity index (χ1) is 21.2. The number of anilines is 2. The Morgan fingerprint density at radius 2 is 1.11 bits per heavy atom. The maximum absolute atomic E-state index is 12.4. The number of rotatable bonds is 4. The number of nitrogens with one attached hydrogen (secondary N) is 4. The zero-order chi connectivity index (χ0) is 32.9. The van der Waals surface area contributed by atoms with Crippen LogP contribution < -0.4 is 10.6 Å². The summed E-state index contributed by atoms with van der Waals surface area (Å²) in [4.78, 5) is 32.8. The lowest BCUT2D eigenvalue weighted by Gasteiger charge is -2.08. The van der Waals surface area contributed by atoms with Gasteiger partial charge in [0, 0.05) is 78.4 Å². The summed E-state index contributed by atoms with van der Waals surface area (Å²) in [5.41, 5.74) is 14.1. The highest BCUT2D eigenvalue weighted by Crippen LogP contribution is 2.38. The first kappa shape index (κ1) is 32.1. The van der Waals surface area contributed by atoms with Crippen molar-refractivity contribution in [3.05, 3.63) is 92.1 Å². The third kappa shape index (κ3) is 5.92. The largest absolute Gasteiger partial charge is 0.359 e. The second-order valence-corrected chi connectivity index (χ2v) is 14.3. The average Bonchev–Trinajstić information content (AvgIpc) is 3.64. The Morgan fingerprint density at radius 1 is 0.600 bits per heavy atom. The smallest absolute Gasteiger partial charge is 0.256 e. The molecule has 2 aliphatic rings. The van der Waals surface area contributed by atoms with Crippen LogP contribution in [0.15, 0.2) is 40.1 Å². The van der Waals surface area contributed by atoms with E-state index in [2.05, 4.69) is 34.4 Å². The molecule has 0 radical (unpaired) electrons. The second kappa shape index (κ2) is 12.3. The van der Waals surface area contributed by atoms with Gasteiger partial charge in [-0.3, -0.25) is 18.0 Å². The van der Waals surface area contributed by atoms with Crippen LogP contribution in [0.25, 0.3) is 23.3 Å². The Hall–Kier alpha value is -4.28. The van der Waals surface area contributed by atoms with E-state index >= 15 is 0 Å². The number of hydrogen-bond acceptors (Lipinski definition) is 4. The Morgan fingerprint density at radius 3 is 1.62 bits per heavy atom. The minimum atomic E-state index is -1.08. The van der Waals surface area contributed by atoms with E-state index in [-0.39, 0.29) is 11.8 Å². The number of aromatic amines is 2. The Labute approximate surface area is 268 Å². The standard InChI is InChI=1S/C18H20N2O2S.C17H18N2O2S/c1-9-10(2)15(19-12(9)4)8-13-17-11(3)16(23(5)22)7-6-14(17)20-18(13)21;1-9-10(2)16(18-11(9)3)8-14-13-7-12(22(4)21)5-6-15(13)19-17(14)20/h6-8,19H,1-5H3,(H,20,21);5-8,18H,1-4H3,(H,19,20)/b13-8-;14-8-. The van der Waals surface area contributed by atoms with E-state index in [1.54, 1.807) is 18.6 Å². The van der Waals surface area contributed by atoms with Crippen molar-refractivity contribution in [2.45, 2.75) is 58.3 Å². The first-order valence-corrected chi connectivity index (χ1v) is 17.6. The molecule has 234 valence electrons. The predicted molar refractivity (Wildman–Crippen MR) is 185 cm³/mol. The van der Waals surface area contributed by atoms with Gasteiger partial charge in [-0.05, 0) is 119 Å². The summed E-state index contributed by atoms with van der Waals surface area (Å²) in [6, 6.07) is 9.07. The van der Waals surface area contributed by atoms with Gasteiger partial charge in [0.05, 0.1) is 21.9 Å². The fraction of sp³-hybridized carbons (Fsp3) is 0.257. The van der Waals surface area contributed by atoms with E-state index in [9.17, 15) is 18.0 Å². The van der Waals surface area contributed by atoms with Crippen molar-refractivity contribution in [3.63, 3.8) is 0 Å². The van der Waals surface area contributed by atoms with Crippen LogP contribution in [0.1, 0.15) is 61.7 Å². The van der Waals surface area contributed by atoms with Gasteiger partial charge in [0.15, 0.2) is 0 Å². The molecule has 10 heteroatoms. The molecular formula is C35H38N4O4S2. The number of H-pyrrole nitrogens is 2. The van der Waals surface area contributed by atoms with Crippen LogP contribution in [0.5, 0.6) is 0 Å². The highest BCUT2D eigenvalue weighted by Gasteiger charge is 2.28. The minimum absolute atomic E-state index is 0.119. The summed E-state index contributed by atoms with van der Waals surface area (Å²) >= 11 is 0. The van der Waals surface area contributed by atoms with Crippen molar-refractivity contribution in [2.24, 2.45) is 0 Å². The van der Waals surface area contributed by atoms with Gasteiger partial charge in [0.25, 0.3) is 11.8 Å². The number of carbonyl (C=O) groups is 2. The Balaban J connectivity index is 0.000000178. The van der Waals surface area contributed by atoms with Crippen molar-refractivity contribution in [2.75, 3.05) is 23.1 Å². The normalized spacial score (nSPS) is 16.6. The summed E-state index contributed by atoms with van der Waals surface area (Å²) in [6.07, 6.45) is 7.06. The molecule has 2 unspecified atom stereocenters. The van der Waals surface area contributed by atoms with Gasteiger partial charge in [-0.15, -0.1) is 0 Å². The van der Waals surface area contributed by atoms with Crippen molar-refractivity contribution in [3.8, 4) is 0 Å². The zero-order valence-corrected chi connectivity index (χ0v) is 28.6. The third-order valence-corrected chi connectivity index (χ3v) is 10.9. The number of fused-ring (bicyclic) bond motifs is 2. The third-order valence-electron chi connectivity index (χ3n) is 8.87. The van der Waals surface area contributed by atoms with E-state index in [1.165, 1.54) is 11.1 Å². The van der Waals surface area contributed by atoms with E-state index in [0.717, 1.165) is 71.8 Å². The van der Waals surface area contributed by atoms with Gasteiger partial charge in [-0.1, -0.05) is 0 Å². The number of aromatic nitrogens is 2. The van der Waals surface area contributed by atoms with Crippen molar-refractivity contribution in [1.82, 2.24) is 9.97 Å². The first-order valence-electron chi connectivity index (χ1n) is 14.5. The number of benzene rings is 2. The number of carbonyl (C=O) groups excluding carboxylic acids is 2. The van der Waals surface area contributed by atoms with Crippen molar-refractivity contribution in [1.29, 1.82) is 0 Å². The molecule has 45 heavy (non-hydrogen) atoms. The molecule has 4 N–H and O–H groups in total. The zero-order valence-electron chi connectivity index (χ0n) is 27.0. The maximum atomic E-state index is 12.4. The van der Waals surface area contributed by atoms with Crippen molar-refractivity contribution >= 4 is 68.1 Å². The Bertz CT molecular complexity index is 2030. The van der Waals surface area contributed by atoms with Gasteiger partial charge in [0.2, 0.25) is 0 Å². The van der Waals surface area contributed by atoms with Crippen LogP contribution in [0, 0.1) is 48.5 Å². The van der Waals surface area contributed by atoms with Gasteiger partial charge in [-0.2, -0.15) is 0 Å². The minimum Gasteiger partial charge on any atom is -0.359 e. The van der Waals surface area contributed by atoms with Gasteiger partial charge >= 0.3 is 0 Å². The summed E-state index contributed by atoms with van der Waals surface area (Å²) in [7, 11) is -2.16. The fourth-order valence-corrected chi connectivity index (χ4v) is 7.04. The van der Waals surface area contributed by atoms with Crippen LogP contribution >= 0.6 is 0 Å². The molecule has 2 aromatic carbocycles. The average molecular weight is 643 g/mol. The molecule has 2 atom stereocenters. The van der Waals surface area contributed by atoms with E-state index < -0.39 is 21.6 Å². The molecule has 0 aliphatic carbocycles. The monoisotopic (exact) mass is 642 g/mol. The highest BCUT2D eigenvalue weighted by molar-refractivity contribution is 7.84. The second-order valence-electron chi connectivity index (χ2n) is 11.6. The fourth-order valence-electron chi connectivity index (χ4n) is 5.71. The molecule has 0 bridgehead atoms. The molecule has 6 rings (SSSR count). The van der Waals surface area contributed by atoms with E-state index in [4.69, 9.17) is 0 Å². The molecule has 0 saturated carbocycles. The summed E-state index contributed by atoms with van der Waals surface area (Å²) in [6.45, 7) is 14.2. The molecule has 0 fully saturated rings. The van der Waals surface area contributed by atoms with Crippen LogP contribution in [-0.4, -0.2) is 42.7 Å². The molecule has 0 spiro atoms. The molecule has 2 aliphatic heterocycles. The number of aryl methyl sites for hydroxylation is 2. The van der Waals surface area contributed by atoms with Crippen molar-refractivity contribution < 1.29 is 18.0 Å². The summed E-state index contributed by atoms with van der Waals surface area (Å²) < 4.78 is 23.6. The Kier molecular flexibility index (Phi) is 8.75. The lowest BCUT2D eigenvalue weighted by Crippen LogP contribution is -2.03. The maximum Gasteiger partial charge on any atom is 0.256 e. The highest BCUT2D eigenvalue weighted by atomic mass is 32.2. The molecule has 0 saturated heterocycles. The number of hydrogen-bond donors (Lipinski definition) is 4. The van der Waals surface area contributed by atoms with Crippen LogP contribution in [-0.2, 0) is 31.2 Å². The molecule has 2 aromatic heterocycles. The van der Waals surface area contributed by atoms with Gasteiger partial charge in [-0.25, -0.2) is 0 Å². The molecule has 4 aromatic rings. The molecular weight excluding hydrogens is 605 g/mol. The van der Waals surface area contributed by atoms with Gasteiger partial charge < -0.3 is 20.6 Å².